The first-order chi connectivity index (χ1) is 13.3. The smallest absolute Gasteiger partial charge is 0.338 e. The third kappa shape index (κ3) is 5.54. The lowest BCUT2D eigenvalue weighted by Gasteiger charge is -2.29. The second-order valence-corrected chi connectivity index (χ2v) is 9.06. The molecule has 0 aromatic heterocycles. The number of rotatable bonds is 8. The van der Waals surface area contributed by atoms with Crippen LogP contribution in [0.3, 0.4) is 0 Å². The number of carbonyl (C=O) groups is 2. The maximum absolute atomic E-state index is 12.5. The zero-order chi connectivity index (χ0) is 20.7. The van der Waals surface area contributed by atoms with E-state index in [2.05, 4.69) is 12.2 Å². The van der Waals surface area contributed by atoms with Crippen molar-refractivity contribution in [2.24, 2.45) is 5.92 Å². The third-order valence-corrected chi connectivity index (χ3v) is 7.29. The lowest BCUT2D eigenvalue weighted by atomic mass is 9.86. The maximum Gasteiger partial charge on any atom is 0.338 e. The molecule has 1 N–H and O–H groups in total. The molecule has 0 bridgehead atoms. The fourth-order valence-corrected chi connectivity index (χ4v) is 4.93. The third-order valence-electron chi connectivity index (χ3n) is 5.23. The summed E-state index contributed by atoms with van der Waals surface area (Å²) in [4.78, 5) is 24.3. The number of benzene rings is 1. The highest BCUT2D eigenvalue weighted by Crippen LogP contribution is 2.23. The fraction of sp³-hybridized carbons (Fsp3) is 0.600. The van der Waals surface area contributed by atoms with Crippen LogP contribution in [0.2, 0.25) is 0 Å². The minimum atomic E-state index is -3.57. The highest BCUT2D eigenvalue weighted by atomic mass is 32.2. The van der Waals surface area contributed by atoms with Gasteiger partial charge in [0.05, 0.1) is 10.5 Å². The van der Waals surface area contributed by atoms with Crippen LogP contribution in [-0.2, 0) is 19.6 Å². The Morgan fingerprint density at radius 2 is 1.71 bits per heavy atom. The summed E-state index contributed by atoms with van der Waals surface area (Å²) < 4.78 is 31.3. The number of sulfonamides is 1. The minimum Gasteiger partial charge on any atom is -0.452 e. The fourth-order valence-electron chi connectivity index (χ4n) is 3.47. The summed E-state index contributed by atoms with van der Waals surface area (Å²) in [6, 6.07) is 5.70. The highest BCUT2D eigenvalue weighted by Gasteiger charge is 2.24. The van der Waals surface area contributed by atoms with Gasteiger partial charge >= 0.3 is 5.97 Å². The SMILES string of the molecule is CCN(CC)S(=O)(=O)c1ccc(C(=O)OCC(=O)N[C@@H]2CCCC[C@@H]2C)cc1. The van der Waals surface area contributed by atoms with Crippen molar-refractivity contribution >= 4 is 21.9 Å². The van der Waals surface area contributed by atoms with Crippen LogP contribution in [0.25, 0.3) is 0 Å². The molecule has 0 spiro atoms. The molecule has 0 saturated heterocycles. The topological polar surface area (TPSA) is 92.8 Å². The van der Waals surface area contributed by atoms with Crippen LogP contribution >= 0.6 is 0 Å². The lowest BCUT2D eigenvalue weighted by Crippen LogP contribution is -2.42. The Labute approximate surface area is 167 Å². The Morgan fingerprint density at radius 3 is 2.29 bits per heavy atom. The van der Waals surface area contributed by atoms with Crippen LogP contribution in [0.4, 0.5) is 0 Å². The van der Waals surface area contributed by atoms with Crippen LogP contribution in [-0.4, -0.2) is 50.3 Å². The van der Waals surface area contributed by atoms with E-state index in [0.29, 0.717) is 19.0 Å². The average Bonchev–Trinajstić information content (AvgIpc) is 2.68. The van der Waals surface area contributed by atoms with Crippen LogP contribution < -0.4 is 5.32 Å². The van der Waals surface area contributed by atoms with Gasteiger partial charge < -0.3 is 10.1 Å². The second kappa shape index (κ2) is 10.0. The van der Waals surface area contributed by atoms with Gasteiger partial charge in [-0.1, -0.05) is 33.6 Å². The molecule has 1 saturated carbocycles. The van der Waals surface area contributed by atoms with E-state index in [0.717, 1.165) is 19.3 Å². The molecule has 7 nitrogen and oxygen atoms in total. The van der Waals surface area contributed by atoms with Crippen molar-refractivity contribution < 1.29 is 22.7 Å². The van der Waals surface area contributed by atoms with E-state index >= 15 is 0 Å². The predicted octanol–water partition coefficient (Wildman–Crippen LogP) is 2.57. The number of amides is 1. The summed E-state index contributed by atoms with van der Waals surface area (Å²) in [6.07, 6.45) is 4.32. The number of hydrogen-bond donors (Lipinski definition) is 1. The molecule has 1 aromatic rings. The van der Waals surface area contributed by atoms with Gasteiger partial charge in [0.1, 0.15) is 0 Å². The Kier molecular flexibility index (Phi) is 8.00. The summed E-state index contributed by atoms with van der Waals surface area (Å²) in [5.74, 6) is -0.542. The molecule has 8 heteroatoms. The molecule has 156 valence electrons. The first kappa shape index (κ1) is 22.4. The van der Waals surface area contributed by atoms with Crippen molar-refractivity contribution in [3.05, 3.63) is 29.8 Å². The number of nitrogens with zero attached hydrogens (tertiary/aromatic N) is 1. The summed E-state index contributed by atoms with van der Waals surface area (Å²) in [5.41, 5.74) is 0.206. The Morgan fingerprint density at radius 1 is 1.11 bits per heavy atom. The van der Waals surface area contributed by atoms with E-state index in [1.165, 1.54) is 35.0 Å². The molecular formula is C20H30N2O5S. The van der Waals surface area contributed by atoms with Crippen LogP contribution in [0.1, 0.15) is 56.8 Å². The van der Waals surface area contributed by atoms with Crippen LogP contribution in [0.5, 0.6) is 0 Å². The van der Waals surface area contributed by atoms with Gasteiger partial charge in [-0.15, -0.1) is 0 Å². The lowest BCUT2D eigenvalue weighted by molar-refractivity contribution is -0.125. The molecule has 0 aliphatic heterocycles. The van der Waals surface area contributed by atoms with Gasteiger partial charge in [-0.3, -0.25) is 4.79 Å². The van der Waals surface area contributed by atoms with E-state index in [-0.39, 0.29) is 29.0 Å². The number of carbonyl (C=O) groups excluding carboxylic acids is 2. The minimum absolute atomic E-state index is 0.122. The Hall–Kier alpha value is -1.93. The summed E-state index contributed by atoms with van der Waals surface area (Å²) in [5, 5.41) is 2.93. The van der Waals surface area contributed by atoms with E-state index < -0.39 is 16.0 Å². The molecule has 0 radical (unpaired) electrons. The molecule has 28 heavy (non-hydrogen) atoms. The van der Waals surface area contributed by atoms with E-state index in [9.17, 15) is 18.0 Å². The number of esters is 1. The van der Waals surface area contributed by atoms with Gasteiger partial charge in [0.15, 0.2) is 6.61 Å². The predicted molar refractivity (Wildman–Crippen MR) is 106 cm³/mol. The van der Waals surface area contributed by atoms with Gasteiger partial charge in [-0.05, 0) is 43.0 Å². The van der Waals surface area contributed by atoms with Crippen molar-refractivity contribution in [1.82, 2.24) is 9.62 Å². The number of nitrogens with one attached hydrogen (secondary N) is 1. The maximum atomic E-state index is 12.5. The quantitative estimate of drug-likeness (QED) is 0.665. The highest BCUT2D eigenvalue weighted by molar-refractivity contribution is 7.89. The summed E-state index contributed by atoms with van der Waals surface area (Å²) >= 11 is 0. The molecule has 1 aromatic carbocycles. The van der Waals surface area contributed by atoms with E-state index in [1.54, 1.807) is 13.8 Å². The molecule has 1 aliphatic carbocycles. The molecule has 0 heterocycles. The van der Waals surface area contributed by atoms with Crippen molar-refractivity contribution in [2.45, 2.75) is 57.4 Å². The van der Waals surface area contributed by atoms with E-state index in [4.69, 9.17) is 4.74 Å². The van der Waals surface area contributed by atoms with Crippen LogP contribution in [0, 0.1) is 5.92 Å². The zero-order valence-corrected chi connectivity index (χ0v) is 17.6. The molecule has 2 rings (SSSR count). The van der Waals surface area contributed by atoms with Gasteiger partial charge in [0.2, 0.25) is 10.0 Å². The molecule has 1 fully saturated rings. The molecule has 0 unspecified atom stereocenters. The normalized spacial score (nSPS) is 20.0. The van der Waals surface area contributed by atoms with Gasteiger partial charge in [-0.25, -0.2) is 13.2 Å². The largest absolute Gasteiger partial charge is 0.452 e. The summed E-state index contributed by atoms with van der Waals surface area (Å²) in [6.45, 7) is 6.05. The number of ether oxygens (including phenoxy) is 1. The second-order valence-electron chi connectivity index (χ2n) is 7.13. The first-order valence-corrected chi connectivity index (χ1v) is 11.3. The molecule has 1 amide bonds. The zero-order valence-electron chi connectivity index (χ0n) is 16.8. The number of hydrogen-bond acceptors (Lipinski definition) is 5. The molecule has 1 aliphatic rings. The van der Waals surface area contributed by atoms with Crippen molar-refractivity contribution in [3.8, 4) is 0 Å². The molecule has 2 atom stereocenters. The van der Waals surface area contributed by atoms with Gasteiger partial charge in [-0.2, -0.15) is 4.31 Å². The van der Waals surface area contributed by atoms with Crippen molar-refractivity contribution in [2.75, 3.05) is 19.7 Å². The van der Waals surface area contributed by atoms with Crippen LogP contribution in [0.15, 0.2) is 29.2 Å². The van der Waals surface area contributed by atoms with Crippen molar-refractivity contribution in [1.29, 1.82) is 0 Å². The Balaban J connectivity index is 1.91. The summed E-state index contributed by atoms with van der Waals surface area (Å²) in [7, 11) is -3.57. The van der Waals surface area contributed by atoms with Crippen molar-refractivity contribution in [3.63, 3.8) is 0 Å². The average molecular weight is 411 g/mol. The monoisotopic (exact) mass is 410 g/mol. The van der Waals surface area contributed by atoms with Gasteiger partial charge in [0.25, 0.3) is 5.91 Å². The van der Waals surface area contributed by atoms with Gasteiger partial charge in [0, 0.05) is 19.1 Å². The first-order valence-electron chi connectivity index (χ1n) is 9.86. The Bertz CT molecular complexity index is 772. The molecular weight excluding hydrogens is 380 g/mol. The van der Waals surface area contributed by atoms with E-state index in [1.807, 2.05) is 0 Å². The standard InChI is InChI=1S/C20H30N2O5S/c1-4-22(5-2)28(25,26)17-12-10-16(11-13-17)20(24)27-14-19(23)21-18-9-7-6-8-15(18)3/h10-13,15,18H,4-9,14H2,1-3H3,(H,21,23)/t15-,18+/m0/s1.